The predicted molar refractivity (Wildman–Crippen MR) is 69.2 cm³/mol. The van der Waals surface area contributed by atoms with Crippen LogP contribution in [0, 0.1) is 0 Å². The number of hydrogen-bond acceptors (Lipinski definition) is 4. The smallest absolute Gasteiger partial charge is 0.485 e. The van der Waals surface area contributed by atoms with E-state index in [-0.39, 0.29) is 5.69 Å². The number of anilines is 1. The average Bonchev–Trinajstić information content (AvgIpc) is 2.70. The summed E-state index contributed by atoms with van der Waals surface area (Å²) >= 11 is 0. The normalized spacial score (nSPS) is 15.5. The van der Waals surface area contributed by atoms with E-state index in [1.165, 1.54) is 11.5 Å². The van der Waals surface area contributed by atoms with E-state index in [2.05, 4.69) is 10.2 Å². The minimum atomic E-state index is -5.19. The van der Waals surface area contributed by atoms with E-state index in [0.717, 1.165) is 5.56 Å². The molecule has 0 radical (unpaired) electrons. The van der Waals surface area contributed by atoms with E-state index in [0.29, 0.717) is 12.2 Å². The molecule has 1 aliphatic heterocycles. The van der Waals surface area contributed by atoms with Crippen LogP contribution in [0.2, 0.25) is 0 Å². The number of alkyl halides is 3. The Kier molecular flexibility index (Phi) is 3.90. The van der Waals surface area contributed by atoms with Crippen molar-refractivity contribution in [3.8, 4) is 5.75 Å². The van der Waals surface area contributed by atoms with Gasteiger partial charge >= 0.3 is 18.2 Å². The molecule has 0 bridgehead atoms. The molecule has 6 nitrogen and oxygen atoms in total. The topological polar surface area (TPSA) is 76.7 Å². The number of nitrogens with one attached hydrogen (secondary N) is 2. The van der Waals surface area contributed by atoms with Crippen molar-refractivity contribution < 1.29 is 32.3 Å². The lowest BCUT2D eigenvalue weighted by Crippen LogP contribution is -2.36. The number of ether oxygens (including phenoxy) is 1. The largest absolute Gasteiger partial charge is 0.493 e. The number of carbonyl (C=O) groups excluding carboxylic acids is 2. The van der Waals surface area contributed by atoms with Gasteiger partial charge in [-0.05, 0) is 19.9 Å². The van der Waals surface area contributed by atoms with Crippen molar-refractivity contribution in [1.82, 2.24) is 5.48 Å². The van der Waals surface area contributed by atoms with Gasteiger partial charge in [-0.25, -0.2) is 9.59 Å². The number of rotatable bonds is 1. The maximum absolute atomic E-state index is 11.9. The van der Waals surface area contributed by atoms with Gasteiger partial charge in [0.15, 0.2) is 0 Å². The molecule has 22 heavy (non-hydrogen) atoms. The Morgan fingerprint density at radius 2 is 2.00 bits per heavy atom. The standard InChI is InChI=1S/C13H13F3N2O4/c1-12(2)6-7-4-3-5-8(9(7)21-12)17-11(20)18-22-10(19)13(14,15)16/h3-5H,6H2,1-2H3,(H2,17,18,20). The second-order valence-corrected chi connectivity index (χ2v) is 5.28. The van der Waals surface area contributed by atoms with Crippen molar-refractivity contribution in [2.24, 2.45) is 0 Å². The fraction of sp³-hybridized carbons (Fsp3) is 0.385. The minimum absolute atomic E-state index is 0.267. The highest BCUT2D eigenvalue weighted by molar-refractivity contribution is 5.91. The molecule has 2 amide bonds. The van der Waals surface area contributed by atoms with Crippen LogP contribution in [-0.4, -0.2) is 23.8 Å². The molecular weight excluding hydrogens is 305 g/mol. The lowest BCUT2D eigenvalue weighted by Gasteiger charge is -2.18. The van der Waals surface area contributed by atoms with Gasteiger partial charge in [-0.2, -0.15) is 18.7 Å². The maximum atomic E-state index is 11.9. The van der Waals surface area contributed by atoms with Crippen LogP contribution in [-0.2, 0) is 16.1 Å². The van der Waals surface area contributed by atoms with Crippen molar-refractivity contribution in [3.63, 3.8) is 0 Å². The van der Waals surface area contributed by atoms with Gasteiger partial charge in [0, 0.05) is 12.0 Å². The fourth-order valence-electron chi connectivity index (χ4n) is 2.01. The van der Waals surface area contributed by atoms with Gasteiger partial charge in [0.05, 0.1) is 5.69 Å². The highest BCUT2D eigenvalue weighted by Gasteiger charge is 2.42. The lowest BCUT2D eigenvalue weighted by molar-refractivity contribution is -0.204. The molecule has 0 fully saturated rings. The molecule has 0 saturated carbocycles. The van der Waals surface area contributed by atoms with E-state index < -0.39 is 23.8 Å². The summed E-state index contributed by atoms with van der Waals surface area (Å²) in [7, 11) is 0. The summed E-state index contributed by atoms with van der Waals surface area (Å²) in [4.78, 5) is 25.6. The maximum Gasteiger partial charge on any atom is 0.493 e. The summed E-state index contributed by atoms with van der Waals surface area (Å²) in [5, 5.41) is 2.27. The molecule has 0 spiro atoms. The van der Waals surface area contributed by atoms with Gasteiger partial charge in [-0.15, -0.1) is 0 Å². The van der Waals surface area contributed by atoms with Crippen molar-refractivity contribution in [2.75, 3.05) is 5.32 Å². The summed E-state index contributed by atoms with van der Waals surface area (Å²) < 4.78 is 41.5. The van der Waals surface area contributed by atoms with Crippen LogP contribution in [0.3, 0.4) is 0 Å². The number of para-hydroxylation sites is 1. The number of carbonyl (C=O) groups is 2. The number of urea groups is 1. The molecular formula is C13H13F3N2O4. The molecule has 2 rings (SSSR count). The monoisotopic (exact) mass is 318 g/mol. The van der Waals surface area contributed by atoms with Crippen molar-refractivity contribution in [1.29, 1.82) is 0 Å². The first-order valence-electron chi connectivity index (χ1n) is 6.24. The fourth-order valence-corrected chi connectivity index (χ4v) is 2.01. The van der Waals surface area contributed by atoms with Gasteiger partial charge in [0.25, 0.3) is 0 Å². The van der Waals surface area contributed by atoms with Crippen molar-refractivity contribution in [2.45, 2.75) is 32.0 Å². The van der Waals surface area contributed by atoms with Crippen LogP contribution >= 0.6 is 0 Å². The number of halogens is 3. The van der Waals surface area contributed by atoms with Crippen LogP contribution in [0.1, 0.15) is 19.4 Å². The molecule has 0 aromatic heterocycles. The van der Waals surface area contributed by atoms with Gasteiger partial charge in [0.2, 0.25) is 0 Å². The Labute approximate surface area is 123 Å². The third kappa shape index (κ3) is 3.60. The van der Waals surface area contributed by atoms with E-state index in [4.69, 9.17) is 4.74 Å². The first kappa shape index (κ1) is 15.9. The highest BCUT2D eigenvalue weighted by atomic mass is 19.4. The summed E-state index contributed by atoms with van der Waals surface area (Å²) in [6.45, 7) is 3.73. The molecule has 0 saturated heterocycles. The quantitative estimate of drug-likeness (QED) is 0.780. The molecule has 1 aromatic carbocycles. The predicted octanol–water partition coefficient (Wildman–Crippen LogP) is 2.54. The summed E-state index contributed by atoms with van der Waals surface area (Å²) in [5.74, 6) is -2.08. The molecule has 9 heteroatoms. The summed E-state index contributed by atoms with van der Waals surface area (Å²) in [5.41, 5.74) is 2.05. The zero-order valence-corrected chi connectivity index (χ0v) is 11.7. The second kappa shape index (κ2) is 5.39. The van der Waals surface area contributed by atoms with E-state index in [1.807, 2.05) is 19.9 Å². The number of hydrogen-bond donors (Lipinski definition) is 2. The molecule has 120 valence electrons. The molecule has 2 N–H and O–H groups in total. The van der Waals surface area contributed by atoms with Crippen LogP contribution in [0.4, 0.5) is 23.7 Å². The minimum Gasteiger partial charge on any atom is -0.485 e. The molecule has 0 atom stereocenters. The Bertz CT molecular complexity index is 614. The molecule has 1 heterocycles. The Morgan fingerprint density at radius 1 is 1.32 bits per heavy atom. The first-order valence-corrected chi connectivity index (χ1v) is 6.24. The molecule has 1 aliphatic rings. The third-order valence-electron chi connectivity index (χ3n) is 2.81. The van der Waals surface area contributed by atoms with Crippen molar-refractivity contribution >= 4 is 17.7 Å². The Morgan fingerprint density at radius 3 is 2.64 bits per heavy atom. The van der Waals surface area contributed by atoms with Crippen molar-refractivity contribution in [3.05, 3.63) is 23.8 Å². The van der Waals surface area contributed by atoms with Gasteiger partial charge in [-0.1, -0.05) is 12.1 Å². The van der Waals surface area contributed by atoms with Gasteiger partial charge in [0.1, 0.15) is 11.4 Å². The van der Waals surface area contributed by atoms with Gasteiger partial charge in [-0.3, -0.25) is 0 Å². The Balaban J connectivity index is 2.00. The van der Waals surface area contributed by atoms with E-state index >= 15 is 0 Å². The number of fused-ring (bicyclic) bond motifs is 1. The van der Waals surface area contributed by atoms with Crippen LogP contribution in [0.15, 0.2) is 18.2 Å². The summed E-state index contributed by atoms with van der Waals surface area (Å²) in [6, 6.07) is 3.88. The zero-order chi connectivity index (χ0) is 16.5. The Hall–Kier alpha value is -2.45. The van der Waals surface area contributed by atoms with Crippen LogP contribution < -0.4 is 15.5 Å². The highest BCUT2D eigenvalue weighted by Crippen LogP contribution is 2.40. The molecule has 0 unspecified atom stereocenters. The zero-order valence-electron chi connectivity index (χ0n) is 11.7. The second-order valence-electron chi connectivity index (χ2n) is 5.28. The average molecular weight is 318 g/mol. The number of hydroxylamine groups is 1. The molecule has 1 aromatic rings. The molecule has 0 aliphatic carbocycles. The van der Waals surface area contributed by atoms with Crippen LogP contribution in [0.25, 0.3) is 0 Å². The number of benzene rings is 1. The van der Waals surface area contributed by atoms with Crippen LogP contribution in [0.5, 0.6) is 5.75 Å². The summed E-state index contributed by atoms with van der Waals surface area (Å²) in [6.07, 6.45) is -4.56. The lowest BCUT2D eigenvalue weighted by atomic mass is 10.0. The van der Waals surface area contributed by atoms with E-state index in [9.17, 15) is 22.8 Å². The SMILES string of the molecule is CC1(C)Cc2cccc(NC(=O)NOC(=O)C(F)(F)F)c2O1. The van der Waals surface area contributed by atoms with Gasteiger partial charge < -0.3 is 14.9 Å². The van der Waals surface area contributed by atoms with E-state index in [1.54, 1.807) is 6.07 Å². The number of amides is 2. The third-order valence-corrected chi connectivity index (χ3v) is 2.81. The first-order chi connectivity index (χ1) is 10.1.